The first-order valence-corrected chi connectivity index (χ1v) is 8.51. The van der Waals surface area contributed by atoms with E-state index in [9.17, 15) is 9.90 Å². The molecule has 128 valence electrons. The van der Waals surface area contributed by atoms with Crippen LogP contribution in [0.15, 0.2) is 18.2 Å². The lowest BCUT2D eigenvalue weighted by atomic mass is 9.69. The predicted molar refractivity (Wildman–Crippen MR) is 93.3 cm³/mol. The summed E-state index contributed by atoms with van der Waals surface area (Å²) in [6.45, 7) is 7.55. The Balaban J connectivity index is 1.87. The molecule has 0 spiro atoms. The Kier molecular flexibility index (Phi) is 5.82. The first-order valence-electron chi connectivity index (χ1n) is 8.51. The van der Waals surface area contributed by atoms with Gasteiger partial charge >= 0.3 is 0 Å². The van der Waals surface area contributed by atoms with Crippen LogP contribution >= 0.6 is 0 Å². The minimum absolute atomic E-state index is 0.00584. The average Bonchev–Trinajstić information content (AvgIpc) is 2.45. The van der Waals surface area contributed by atoms with Crippen LogP contribution in [0.2, 0.25) is 0 Å². The van der Waals surface area contributed by atoms with Gasteiger partial charge in [0.25, 0.3) is 0 Å². The van der Waals surface area contributed by atoms with Crippen molar-refractivity contribution in [2.45, 2.75) is 46.1 Å². The van der Waals surface area contributed by atoms with E-state index in [1.165, 1.54) is 23.1 Å². The fourth-order valence-electron chi connectivity index (χ4n) is 3.51. The van der Waals surface area contributed by atoms with E-state index in [0.29, 0.717) is 6.54 Å². The second-order valence-electron chi connectivity index (χ2n) is 7.33. The number of likely N-dealkylation sites (N-methyl/N-ethyl adjacent to an activating group) is 1. The number of benzene rings is 1. The van der Waals surface area contributed by atoms with Crippen LogP contribution in [0, 0.1) is 19.3 Å². The SMILES string of the molecule is Cc1ccc(C)c(C(C)NC(=O)CN(C)CC2(CO)CCC2)c1. The topological polar surface area (TPSA) is 52.6 Å². The highest BCUT2D eigenvalue weighted by molar-refractivity contribution is 5.78. The van der Waals surface area contributed by atoms with Gasteiger partial charge in [-0.1, -0.05) is 30.2 Å². The van der Waals surface area contributed by atoms with Gasteiger partial charge in [-0.15, -0.1) is 0 Å². The zero-order chi connectivity index (χ0) is 17.0. The first kappa shape index (κ1) is 18.0. The van der Waals surface area contributed by atoms with Crippen molar-refractivity contribution in [2.75, 3.05) is 26.7 Å². The van der Waals surface area contributed by atoms with Crippen molar-refractivity contribution in [3.63, 3.8) is 0 Å². The summed E-state index contributed by atoms with van der Waals surface area (Å²) in [7, 11) is 1.96. The summed E-state index contributed by atoms with van der Waals surface area (Å²) < 4.78 is 0. The molecule has 1 fully saturated rings. The molecule has 4 nitrogen and oxygen atoms in total. The molecule has 0 saturated heterocycles. The fraction of sp³-hybridized carbons (Fsp3) is 0.632. The van der Waals surface area contributed by atoms with Crippen molar-refractivity contribution in [3.05, 3.63) is 34.9 Å². The van der Waals surface area contributed by atoms with Crippen LogP contribution in [0.5, 0.6) is 0 Å². The summed E-state index contributed by atoms with van der Waals surface area (Å²) in [4.78, 5) is 14.3. The number of aliphatic hydroxyl groups is 1. The standard InChI is InChI=1S/C19H30N2O2/c1-14-6-7-15(2)17(10-14)16(3)20-18(23)11-21(4)12-19(13-22)8-5-9-19/h6-7,10,16,22H,5,8-9,11-13H2,1-4H3,(H,20,23). The normalized spacial score (nSPS) is 17.7. The van der Waals surface area contributed by atoms with Crippen molar-refractivity contribution >= 4 is 5.91 Å². The lowest BCUT2D eigenvalue weighted by Gasteiger charge is -2.42. The van der Waals surface area contributed by atoms with E-state index < -0.39 is 0 Å². The number of amides is 1. The van der Waals surface area contributed by atoms with E-state index in [1.54, 1.807) is 0 Å². The van der Waals surface area contributed by atoms with Crippen LogP contribution in [0.3, 0.4) is 0 Å². The third-order valence-electron chi connectivity index (χ3n) is 5.05. The van der Waals surface area contributed by atoms with E-state index in [-0.39, 0.29) is 24.0 Å². The molecule has 1 aromatic carbocycles. The van der Waals surface area contributed by atoms with Crippen LogP contribution < -0.4 is 5.32 Å². The average molecular weight is 318 g/mol. The number of aliphatic hydroxyl groups excluding tert-OH is 1. The van der Waals surface area contributed by atoms with Crippen molar-refractivity contribution in [3.8, 4) is 0 Å². The maximum atomic E-state index is 12.3. The Bertz CT molecular complexity index is 547. The lowest BCUT2D eigenvalue weighted by Crippen LogP contribution is -2.46. The summed E-state index contributed by atoms with van der Waals surface area (Å²) in [5.74, 6) is 0.0355. The molecule has 4 heteroatoms. The molecule has 2 rings (SSSR count). The van der Waals surface area contributed by atoms with Gasteiger partial charge < -0.3 is 10.4 Å². The molecule has 1 saturated carbocycles. The highest BCUT2D eigenvalue weighted by Gasteiger charge is 2.37. The largest absolute Gasteiger partial charge is 0.396 e. The molecular weight excluding hydrogens is 288 g/mol. The smallest absolute Gasteiger partial charge is 0.234 e. The molecule has 0 heterocycles. The van der Waals surface area contributed by atoms with Gasteiger partial charge in [0, 0.05) is 18.6 Å². The van der Waals surface area contributed by atoms with Crippen LogP contribution in [0.1, 0.15) is 48.9 Å². The summed E-state index contributed by atoms with van der Waals surface area (Å²) in [6, 6.07) is 6.33. The molecule has 0 aromatic heterocycles. The number of carbonyl (C=O) groups excluding carboxylic acids is 1. The molecule has 2 N–H and O–H groups in total. The lowest BCUT2D eigenvalue weighted by molar-refractivity contribution is -0.123. The monoisotopic (exact) mass is 318 g/mol. The molecule has 0 aliphatic heterocycles. The van der Waals surface area contributed by atoms with E-state index in [1.807, 2.05) is 18.9 Å². The number of hydrogen-bond donors (Lipinski definition) is 2. The molecular formula is C19H30N2O2. The number of rotatable bonds is 7. The number of nitrogens with one attached hydrogen (secondary N) is 1. The van der Waals surface area contributed by atoms with Gasteiger partial charge in [-0.25, -0.2) is 0 Å². The van der Waals surface area contributed by atoms with Crippen LogP contribution in [-0.2, 0) is 4.79 Å². The summed E-state index contributed by atoms with van der Waals surface area (Å²) in [5.41, 5.74) is 3.60. The molecule has 1 unspecified atom stereocenters. The Morgan fingerprint density at radius 3 is 2.65 bits per heavy atom. The predicted octanol–water partition coefficient (Wildman–Crippen LogP) is 2.58. The molecule has 1 atom stereocenters. The van der Waals surface area contributed by atoms with Gasteiger partial charge in [-0.2, -0.15) is 0 Å². The Morgan fingerprint density at radius 1 is 1.39 bits per heavy atom. The number of hydrogen-bond acceptors (Lipinski definition) is 3. The molecule has 1 amide bonds. The van der Waals surface area contributed by atoms with Gasteiger partial charge in [-0.05, 0) is 51.8 Å². The Labute approximate surface area is 139 Å². The van der Waals surface area contributed by atoms with E-state index in [2.05, 4.69) is 37.4 Å². The fourth-order valence-corrected chi connectivity index (χ4v) is 3.51. The van der Waals surface area contributed by atoms with Gasteiger partial charge in [-0.3, -0.25) is 9.69 Å². The number of nitrogens with zero attached hydrogens (tertiary/aromatic N) is 1. The second kappa shape index (κ2) is 7.45. The van der Waals surface area contributed by atoms with Crippen molar-refractivity contribution in [1.82, 2.24) is 10.2 Å². The zero-order valence-electron chi connectivity index (χ0n) is 14.9. The molecule has 1 aromatic rings. The van der Waals surface area contributed by atoms with Gasteiger partial charge in [0.15, 0.2) is 0 Å². The molecule has 1 aliphatic carbocycles. The molecule has 1 aliphatic rings. The highest BCUT2D eigenvalue weighted by atomic mass is 16.3. The zero-order valence-corrected chi connectivity index (χ0v) is 14.9. The third kappa shape index (κ3) is 4.55. The Morgan fingerprint density at radius 2 is 2.09 bits per heavy atom. The van der Waals surface area contributed by atoms with Crippen LogP contribution in [0.25, 0.3) is 0 Å². The van der Waals surface area contributed by atoms with Crippen molar-refractivity contribution in [2.24, 2.45) is 5.41 Å². The summed E-state index contributed by atoms with van der Waals surface area (Å²) in [5, 5.41) is 12.6. The first-order chi connectivity index (χ1) is 10.8. The van der Waals surface area contributed by atoms with E-state index in [4.69, 9.17) is 0 Å². The second-order valence-corrected chi connectivity index (χ2v) is 7.33. The molecule has 0 bridgehead atoms. The maximum absolute atomic E-state index is 12.3. The van der Waals surface area contributed by atoms with Crippen molar-refractivity contribution in [1.29, 1.82) is 0 Å². The molecule has 0 radical (unpaired) electrons. The van der Waals surface area contributed by atoms with E-state index in [0.717, 1.165) is 19.4 Å². The van der Waals surface area contributed by atoms with Gasteiger partial charge in [0.2, 0.25) is 5.91 Å². The minimum Gasteiger partial charge on any atom is -0.396 e. The number of aryl methyl sites for hydroxylation is 2. The van der Waals surface area contributed by atoms with Crippen LogP contribution in [-0.4, -0.2) is 42.7 Å². The minimum atomic E-state index is 0.00584. The van der Waals surface area contributed by atoms with Gasteiger partial charge in [0.1, 0.15) is 0 Å². The number of carbonyl (C=O) groups is 1. The van der Waals surface area contributed by atoms with Gasteiger partial charge in [0.05, 0.1) is 12.6 Å². The quantitative estimate of drug-likeness (QED) is 0.812. The van der Waals surface area contributed by atoms with E-state index >= 15 is 0 Å². The Hall–Kier alpha value is -1.39. The highest BCUT2D eigenvalue weighted by Crippen LogP contribution is 2.40. The van der Waals surface area contributed by atoms with Crippen molar-refractivity contribution < 1.29 is 9.90 Å². The maximum Gasteiger partial charge on any atom is 0.234 e. The summed E-state index contributed by atoms with van der Waals surface area (Å²) >= 11 is 0. The van der Waals surface area contributed by atoms with Crippen LogP contribution in [0.4, 0.5) is 0 Å². The molecule has 23 heavy (non-hydrogen) atoms. The summed E-state index contributed by atoms with van der Waals surface area (Å²) in [6.07, 6.45) is 3.31. The third-order valence-corrected chi connectivity index (χ3v) is 5.05.